The molecule has 4 aliphatic rings. The molecule has 0 unspecified atom stereocenters. The molecule has 0 aliphatic heterocycles. The molecule has 0 bridgehead atoms. The van der Waals surface area contributed by atoms with Gasteiger partial charge in [0.25, 0.3) is 0 Å². The van der Waals surface area contributed by atoms with E-state index in [-0.39, 0.29) is 41.2 Å². The molecular weight excluding hydrogens is 504 g/mol. The molecule has 40 heavy (non-hydrogen) atoms. The minimum absolute atomic E-state index is 0.0753. The topological polar surface area (TPSA) is 112 Å². The summed E-state index contributed by atoms with van der Waals surface area (Å²) in [4.78, 5) is 40.9. The highest BCUT2D eigenvalue weighted by atomic mass is 16.3. The number of phenolic OH excluding ortho intramolecular Hbond substituents is 1. The van der Waals surface area contributed by atoms with Crippen LogP contribution in [0.2, 0.25) is 0 Å². The predicted octanol–water partition coefficient (Wildman–Crippen LogP) is 5.55. The maximum atomic E-state index is 14.4. The lowest BCUT2D eigenvalue weighted by Crippen LogP contribution is -2.70. The van der Waals surface area contributed by atoms with Crippen LogP contribution in [0, 0.1) is 34.5 Å². The summed E-state index contributed by atoms with van der Waals surface area (Å²) in [6, 6.07) is 3.19. The summed E-state index contributed by atoms with van der Waals surface area (Å²) in [5.74, 6) is 3.07. The number of carbonyl (C=O) groups is 3. The average Bonchev–Trinajstić information content (AvgIpc) is 2.86. The lowest BCUT2D eigenvalue weighted by molar-refractivity contribution is -0.180. The highest BCUT2D eigenvalue weighted by Gasteiger charge is 2.72. The number of fused-ring (bicyclic) bond motifs is 3. The molecule has 0 spiro atoms. The number of ketones is 3. The third-order valence-corrected chi connectivity index (χ3v) is 9.84. The van der Waals surface area contributed by atoms with E-state index in [0.29, 0.717) is 16.7 Å². The van der Waals surface area contributed by atoms with Gasteiger partial charge in [-0.15, -0.1) is 0 Å². The number of Topliss-reactive ketones (excluding diaryl/α,β-unsaturated/α-hetero) is 3. The minimum Gasteiger partial charge on any atom is -0.507 e. The highest BCUT2D eigenvalue weighted by molar-refractivity contribution is 6.33. The SMILES string of the molecule is CC(=O)C1=C(C)[C@@H](C(C)C)[C@]2(C)C[C@]3(C)Cc4c(C#CC5=CCCCC5)ccc(O)c4C(O)=C3C(=O)[C@]2(O)C1=O. The number of benzene rings is 1. The monoisotopic (exact) mass is 542 g/mol. The van der Waals surface area contributed by atoms with Gasteiger partial charge in [-0.2, -0.15) is 0 Å². The van der Waals surface area contributed by atoms with Gasteiger partial charge in [0.2, 0.25) is 11.6 Å². The van der Waals surface area contributed by atoms with Gasteiger partial charge in [-0.05, 0) is 87.5 Å². The van der Waals surface area contributed by atoms with E-state index in [1.165, 1.54) is 13.0 Å². The van der Waals surface area contributed by atoms with Gasteiger partial charge in [0, 0.05) is 22.0 Å². The lowest BCUT2D eigenvalue weighted by Gasteiger charge is -2.60. The molecule has 1 saturated carbocycles. The third kappa shape index (κ3) is 3.70. The first kappa shape index (κ1) is 28.1. The van der Waals surface area contributed by atoms with Crippen molar-refractivity contribution < 1.29 is 29.7 Å². The van der Waals surface area contributed by atoms with E-state index in [4.69, 9.17) is 0 Å². The Morgan fingerprint density at radius 3 is 2.38 bits per heavy atom. The fourth-order valence-electron chi connectivity index (χ4n) is 8.46. The van der Waals surface area contributed by atoms with Crippen LogP contribution in [0.1, 0.15) is 90.3 Å². The van der Waals surface area contributed by atoms with E-state index in [2.05, 4.69) is 17.9 Å². The van der Waals surface area contributed by atoms with E-state index in [1.54, 1.807) is 19.9 Å². The number of allylic oxidation sites excluding steroid dienone is 3. The average molecular weight is 543 g/mol. The van der Waals surface area contributed by atoms with E-state index < -0.39 is 45.5 Å². The molecular formula is C34H38O6. The number of rotatable bonds is 2. The van der Waals surface area contributed by atoms with E-state index in [0.717, 1.165) is 31.3 Å². The molecule has 0 saturated heterocycles. The fraction of sp³-hybridized carbons (Fsp3) is 0.500. The molecule has 0 amide bonds. The van der Waals surface area contributed by atoms with Crippen LogP contribution < -0.4 is 0 Å². The zero-order chi connectivity index (χ0) is 29.4. The van der Waals surface area contributed by atoms with Gasteiger partial charge >= 0.3 is 0 Å². The maximum absolute atomic E-state index is 14.4. The summed E-state index contributed by atoms with van der Waals surface area (Å²) >= 11 is 0. The molecule has 1 fully saturated rings. The van der Waals surface area contributed by atoms with Gasteiger partial charge < -0.3 is 15.3 Å². The second-order valence-corrected chi connectivity index (χ2v) is 13.0. The first-order valence-corrected chi connectivity index (χ1v) is 14.2. The number of aliphatic hydroxyl groups excluding tert-OH is 1. The molecule has 4 aliphatic carbocycles. The first-order chi connectivity index (χ1) is 18.7. The second-order valence-electron chi connectivity index (χ2n) is 13.0. The van der Waals surface area contributed by atoms with Gasteiger partial charge in [-0.3, -0.25) is 14.4 Å². The van der Waals surface area contributed by atoms with Gasteiger partial charge in [0.1, 0.15) is 11.5 Å². The van der Waals surface area contributed by atoms with Crippen molar-refractivity contribution in [2.45, 2.75) is 85.7 Å². The molecule has 4 atom stereocenters. The summed E-state index contributed by atoms with van der Waals surface area (Å²) in [7, 11) is 0. The Kier molecular flexibility index (Phi) is 6.54. The first-order valence-electron chi connectivity index (χ1n) is 14.2. The molecule has 0 aromatic heterocycles. The van der Waals surface area contributed by atoms with Crippen LogP contribution in [0.5, 0.6) is 5.75 Å². The lowest BCUT2D eigenvalue weighted by atomic mass is 9.42. The number of carbonyl (C=O) groups excluding carboxylic acids is 3. The Balaban J connectivity index is 1.74. The molecule has 6 heteroatoms. The van der Waals surface area contributed by atoms with Crippen molar-refractivity contribution in [1.29, 1.82) is 0 Å². The second kappa shape index (κ2) is 9.31. The number of hydrogen-bond donors (Lipinski definition) is 3. The van der Waals surface area contributed by atoms with Crippen LogP contribution in [-0.2, 0) is 20.8 Å². The molecule has 6 nitrogen and oxygen atoms in total. The normalized spacial score (nSPS) is 31.7. The number of phenols is 1. The van der Waals surface area contributed by atoms with Crippen molar-refractivity contribution in [3.8, 4) is 17.6 Å². The van der Waals surface area contributed by atoms with Crippen LogP contribution in [0.3, 0.4) is 0 Å². The van der Waals surface area contributed by atoms with E-state index in [9.17, 15) is 29.7 Å². The zero-order valence-corrected chi connectivity index (χ0v) is 24.2. The van der Waals surface area contributed by atoms with Gasteiger partial charge in [-0.25, -0.2) is 0 Å². The molecule has 5 rings (SSSR count). The Morgan fingerprint density at radius 1 is 1.07 bits per heavy atom. The van der Waals surface area contributed by atoms with Crippen molar-refractivity contribution >= 4 is 23.1 Å². The van der Waals surface area contributed by atoms with Crippen LogP contribution in [-0.4, -0.2) is 38.3 Å². The summed E-state index contributed by atoms with van der Waals surface area (Å²) in [5.41, 5.74) is -1.83. The largest absolute Gasteiger partial charge is 0.507 e. The summed E-state index contributed by atoms with van der Waals surface area (Å²) < 4.78 is 0. The highest BCUT2D eigenvalue weighted by Crippen LogP contribution is 2.65. The molecule has 0 radical (unpaired) electrons. The van der Waals surface area contributed by atoms with Crippen molar-refractivity contribution in [3.05, 3.63) is 57.2 Å². The summed E-state index contributed by atoms with van der Waals surface area (Å²) in [6.45, 7) is 10.6. The Hall–Kier alpha value is -3.43. The molecule has 1 aromatic carbocycles. The molecule has 1 aromatic rings. The van der Waals surface area contributed by atoms with Crippen molar-refractivity contribution in [2.75, 3.05) is 0 Å². The van der Waals surface area contributed by atoms with Crippen LogP contribution >= 0.6 is 0 Å². The van der Waals surface area contributed by atoms with Crippen molar-refractivity contribution in [3.63, 3.8) is 0 Å². The van der Waals surface area contributed by atoms with Crippen molar-refractivity contribution in [1.82, 2.24) is 0 Å². The Labute approximate surface area is 235 Å². The van der Waals surface area contributed by atoms with Crippen LogP contribution in [0.4, 0.5) is 0 Å². The van der Waals surface area contributed by atoms with Crippen LogP contribution in [0.25, 0.3) is 5.76 Å². The maximum Gasteiger partial charge on any atom is 0.206 e. The number of hydrogen-bond acceptors (Lipinski definition) is 6. The van der Waals surface area contributed by atoms with E-state index in [1.807, 2.05) is 20.8 Å². The summed E-state index contributed by atoms with van der Waals surface area (Å²) in [6.07, 6.45) is 6.83. The number of aliphatic hydroxyl groups is 2. The fourth-order valence-corrected chi connectivity index (χ4v) is 8.46. The molecule has 210 valence electrons. The molecule has 3 N–H and O–H groups in total. The quantitative estimate of drug-likeness (QED) is 0.257. The predicted molar refractivity (Wildman–Crippen MR) is 152 cm³/mol. The minimum atomic E-state index is -2.52. The zero-order valence-electron chi connectivity index (χ0n) is 24.2. The van der Waals surface area contributed by atoms with Crippen LogP contribution in [0.15, 0.2) is 40.5 Å². The van der Waals surface area contributed by atoms with Gasteiger partial charge in [0.05, 0.1) is 11.1 Å². The summed E-state index contributed by atoms with van der Waals surface area (Å²) in [5, 5.41) is 34.7. The Bertz CT molecular complexity index is 1520. The Morgan fingerprint density at radius 2 is 1.77 bits per heavy atom. The molecule has 0 heterocycles. The van der Waals surface area contributed by atoms with Gasteiger partial charge in [-0.1, -0.05) is 51.2 Å². The standard InChI is InChI=1S/C34H38O6/c1-18(2)27-19(3)25(20(4)35)30(38)34(40)31(39)28-29(37)26-23(16-32(28,5)17-33(27,34)6)22(14-15-24(26)36)13-12-21-10-8-7-9-11-21/h10,14-15,18,27,36-37,40H,7-9,11,16-17H2,1-6H3/t27-,32+,33+,34-/m1/s1. The smallest absolute Gasteiger partial charge is 0.206 e. The van der Waals surface area contributed by atoms with E-state index >= 15 is 0 Å². The van der Waals surface area contributed by atoms with Gasteiger partial charge in [0.15, 0.2) is 11.4 Å². The third-order valence-electron chi connectivity index (χ3n) is 9.84. The van der Waals surface area contributed by atoms with Crippen molar-refractivity contribution in [2.24, 2.45) is 22.7 Å². The number of aromatic hydroxyl groups is 1.